The number of hydrogen-bond donors (Lipinski definition) is 2. The molecule has 182 valence electrons. The normalized spacial score (nSPS) is 19.4. The molecule has 1 aliphatic carbocycles. The van der Waals surface area contributed by atoms with Gasteiger partial charge in [0.15, 0.2) is 0 Å². The highest BCUT2D eigenvalue weighted by Gasteiger charge is 2.36. The van der Waals surface area contributed by atoms with Gasteiger partial charge in [0.1, 0.15) is 11.4 Å². The minimum atomic E-state index is -4.85. The molecule has 0 bridgehead atoms. The van der Waals surface area contributed by atoms with E-state index in [0.717, 1.165) is 49.9 Å². The monoisotopic (exact) mass is 486 g/mol. The molecule has 6 nitrogen and oxygen atoms in total. The molecule has 0 saturated heterocycles. The van der Waals surface area contributed by atoms with Crippen molar-refractivity contribution in [3.05, 3.63) is 53.5 Å². The molecule has 12 heteroatoms. The summed E-state index contributed by atoms with van der Waals surface area (Å²) in [5, 5.41) is 16.0. The molecule has 0 unspecified atom stereocenters. The lowest BCUT2D eigenvalue weighted by molar-refractivity contribution is -0.141. The summed E-state index contributed by atoms with van der Waals surface area (Å²) in [5.74, 6) is -1.00. The van der Waals surface area contributed by atoms with Crippen LogP contribution >= 0.6 is 0 Å². The third-order valence-corrected chi connectivity index (χ3v) is 5.94. The Bertz CT molecular complexity index is 1200. The zero-order valence-corrected chi connectivity index (χ0v) is 17.6. The van der Waals surface area contributed by atoms with Crippen molar-refractivity contribution >= 4 is 22.5 Å². The molecule has 2 aromatic heterocycles. The van der Waals surface area contributed by atoms with Gasteiger partial charge in [0.2, 0.25) is 0 Å². The van der Waals surface area contributed by atoms with E-state index in [2.05, 4.69) is 15.4 Å². The zero-order chi connectivity index (χ0) is 24.7. The second-order valence-electron chi connectivity index (χ2n) is 8.28. The molecule has 1 aliphatic rings. The number of alkyl halides is 6. The Hall–Kier alpha value is -3.15. The number of halogens is 6. The highest BCUT2D eigenvalue weighted by Crippen LogP contribution is 2.39. The number of aliphatic hydroxyl groups excluding tert-OH is 1. The zero-order valence-electron chi connectivity index (χ0n) is 17.6. The van der Waals surface area contributed by atoms with Gasteiger partial charge in [-0.3, -0.25) is 9.48 Å². The molecule has 1 amide bonds. The molecule has 0 radical (unpaired) electrons. The predicted molar refractivity (Wildman–Crippen MR) is 110 cm³/mol. The van der Waals surface area contributed by atoms with Gasteiger partial charge in [0.25, 0.3) is 5.91 Å². The first-order valence-electron chi connectivity index (χ1n) is 10.5. The molecule has 0 aliphatic heterocycles. The molecule has 2 heterocycles. The first-order chi connectivity index (χ1) is 16.0. The van der Waals surface area contributed by atoms with Crippen LogP contribution in [0.2, 0.25) is 0 Å². The summed E-state index contributed by atoms with van der Waals surface area (Å²) in [5.41, 5.74) is -3.70. The van der Waals surface area contributed by atoms with E-state index in [4.69, 9.17) is 0 Å². The molecule has 0 spiro atoms. The number of amides is 1. The number of nitrogens with one attached hydrogen (secondary N) is 1. The van der Waals surface area contributed by atoms with Crippen molar-refractivity contribution < 1.29 is 36.2 Å². The molecule has 2 N–H and O–H groups in total. The van der Waals surface area contributed by atoms with Gasteiger partial charge >= 0.3 is 12.4 Å². The Kier molecular flexibility index (Phi) is 6.28. The standard InChI is InChI=1S/C22H20F6N4O2/c23-21(24,25)15-9-17-13(10-32(31-17)14-6-4-12(11-33)5-7-14)8-18(15)30-20(34)16-2-1-3-19(29-16)22(26,27)28/h1-3,8-10,12,14,33H,4-7,11H2,(H,30,34)/t12-,14-. The molecule has 1 saturated carbocycles. The van der Waals surface area contributed by atoms with Crippen LogP contribution in [0.15, 0.2) is 36.5 Å². The SMILES string of the molecule is O=C(Nc1cc2cn([C@H]3CC[C@H](CO)CC3)nc2cc1C(F)(F)F)c1cccc(C(F)(F)F)n1. The minimum absolute atomic E-state index is 0.0307. The Morgan fingerprint density at radius 3 is 2.38 bits per heavy atom. The molecule has 4 rings (SSSR count). The van der Waals surface area contributed by atoms with E-state index in [9.17, 15) is 36.2 Å². The summed E-state index contributed by atoms with van der Waals surface area (Å²) in [6.07, 6.45) is -5.09. The number of rotatable bonds is 4. The van der Waals surface area contributed by atoms with E-state index in [1.165, 1.54) is 0 Å². The number of nitrogens with zero attached hydrogens (tertiary/aromatic N) is 3. The van der Waals surface area contributed by atoms with Crippen LogP contribution in [0, 0.1) is 5.92 Å². The first-order valence-corrected chi connectivity index (χ1v) is 10.5. The quantitative estimate of drug-likeness (QED) is 0.481. The van der Waals surface area contributed by atoms with Crippen LogP contribution in [0.4, 0.5) is 32.0 Å². The third kappa shape index (κ3) is 5.01. The number of anilines is 1. The van der Waals surface area contributed by atoms with Gasteiger partial charge in [-0.25, -0.2) is 4.98 Å². The lowest BCUT2D eigenvalue weighted by Crippen LogP contribution is -2.20. The average Bonchev–Trinajstić information content (AvgIpc) is 3.20. The number of carbonyl (C=O) groups is 1. The smallest absolute Gasteiger partial charge is 0.396 e. The van der Waals surface area contributed by atoms with E-state index < -0.39 is 40.9 Å². The van der Waals surface area contributed by atoms with Gasteiger partial charge < -0.3 is 10.4 Å². The summed E-state index contributed by atoms with van der Waals surface area (Å²) in [7, 11) is 0. The lowest BCUT2D eigenvalue weighted by Gasteiger charge is -2.27. The summed E-state index contributed by atoms with van der Waals surface area (Å²) in [6.45, 7) is 0.0898. The Morgan fingerprint density at radius 2 is 1.76 bits per heavy atom. The molecule has 1 aromatic carbocycles. The van der Waals surface area contributed by atoms with Gasteiger partial charge in [-0.1, -0.05) is 6.07 Å². The average molecular weight is 486 g/mol. The van der Waals surface area contributed by atoms with Crippen LogP contribution in [-0.4, -0.2) is 32.4 Å². The van der Waals surface area contributed by atoms with Crippen molar-refractivity contribution in [3.8, 4) is 0 Å². The number of hydrogen-bond acceptors (Lipinski definition) is 4. The van der Waals surface area contributed by atoms with Crippen LogP contribution in [0.25, 0.3) is 10.9 Å². The number of benzene rings is 1. The van der Waals surface area contributed by atoms with Crippen LogP contribution in [0.1, 0.15) is 53.5 Å². The van der Waals surface area contributed by atoms with E-state index >= 15 is 0 Å². The van der Waals surface area contributed by atoms with Crippen LogP contribution in [-0.2, 0) is 12.4 Å². The minimum Gasteiger partial charge on any atom is -0.396 e. The fourth-order valence-corrected chi connectivity index (χ4v) is 4.11. The number of aromatic nitrogens is 3. The topological polar surface area (TPSA) is 80.0 Å². The van der Waals surface area contributed by atoms with E-state index in [-0.39, 0.29) is 24.1 Å². The largest absolute Gasteiger partial charge is 0.433 e. The fourth-order valence-electron chi connectivity index (χ4n) is 4.11. The van der Waals surface area contributed by atoms with Crippen LogP contribution in [0.5, 0.6) is 0 Å². The van der Waals surface area contributed by atoms with Crippen molar-refractivity contribution in [2.75, 3.05) is 11.9 Å². The molecule has 3 aromatic rings. The van der Waals surface area contributed by atoms with Gasteiger partial charge in [-0.2, -0.15) is 31.4 Å². The summed E-state index contributed by atoms with van der Waals surface area (Å²) in [4.78, 5) is 15.7. The maximum absolute atomic E-state index is 13.7. The molecule has 1 fully saturated rings. The number of carbonyl (C=O) groups excluding carboxylic acids is 1. The van der Waals surface area contributed by atoms with Gasteiger partial charge in [0.05, 0.1) is 22.8 Å². The highest BCUT2D eigenvalue weighted by atomic mass is 19.4. The molecule has 34 heavy (non-hydrogen) atoms. The van der Waals surface area contributed by atoms with Crippen molar-refractivity contribution in [1.82, 2.24) is 14.8 Å². The molecular formula is C22H20F6N4O2. The van der Waals surface area contributed by atoms with E-state index in [1.807, 2.05) is 0 Å². The maximum atomic E-state index is 13.7. The second kappa shape index (κ2) is 8.90. The van der Waals surface area contributed by atoms with Crippen molar-refractivity contribution in [2.24, 2.45) is 5.92 Å². The van der Waals surface area contributed by atoms with Gasteiger partial charge in [-0.05, 0) is 55.9 Å². The Balaban J connectivity index is 1.66. The Labute approximate surface area is 189 Å². The van der Waals surface area contributed by atoms with E-state index in [0.29, 0.717) is 11.5 Å². The summed E-state index contributed by atoms with van der Waals surface area (Å²) in [6, 6.07) is 4.47. The summed E-state index contributed by atoms with van der Waals surface area (Å²) >= 11 is 0. The molecular weight excluding hydrogens is 466 g/mol. The van der Waals surface area contributed by atoms with Gasteiger partial charge in [0, 0.05) is 18.2 Å². The number of aliphatic hydroxyl groups is 1. The van der Waals surface area contributed by atoms with Crippen molar-refractivity contribution in [3.63, 3.8) is 0 Å². The Morgan fingerprint density at radius 1 is 1.06 bits per heavy atom. The van der Waals surface area contributed by atoms with Crippen molar-refractivity contribution in [2.45, 2.75) is 44.1 Å². The highest BCUT2D eigenvalue weighted by molar-refractivity contribution is 6.04. The van der Waals surface area contributed by atoms with Crippen LogP contribution < -0.4 is 5.32 Å². The summed E-state index contributed by atoms with van der Waals surface area (Å²) < 4.78 is 81.4. The fraction of sp³-hybridized carbons (Fsp3) is 0.409. The number of fused-ring (bicyclic) bond motifs is 1. The lowest BCUT2D eigenvalue weighted by atomic mass is 9.87. The van der Waals surface area contributed by atoms with Crippen molar-refractivity contribution in [1.29, 1.82) is 0 Å². The van der Waals surface area contributed by atoms with Gasteiger partial charge in [-0.15, -0.1) is 0 Å². The molecule has 0 atom stereocenters. The third-order valence-electron chi connectivity index (χ3n) is 5.94. The maximum Gasteiger partial charge on any atom is 0.433 e. The second-order valence-corrected chi connectivity index (χ2v) is 8.28. The van der Waals surface area contributed by atoms with E-state index in [1.54, 1.807) is 10.9 Å². The predicted octanol–water partition coefficient (Wildman–Crippen LogP) is 5.44. The number of pyridine rings is 1. The first kappa shape index (κ1) is 24.0. The van der Waals surface area contributed by atoms with Crippen LogP contribution in [0.3, 0.4) is 0 Å².